The maximum atomic E-state index is 12.7. The van der Waals surface area contributed by atoms with Crippen molar-refractivity contribution in [1.82, 2.24) is 0 Å². The number of ether oxygens (including phenoxy) is 3. The number of sulfonamides is 1. The molecule has 13 heteroatoms. The highest BCUT2D eigenvalue weighted by Crippen LogP contribution is 2.37. The Morgan fingerprint density at radius 2 is 1.69 bits per heavy atom. The van der Waals surface area contributed by atoms with Crippen LogP contribution in [-0.4, -0.2) is 40.9 Å². The number of nitrogens with zero attached hydrogens (tertiary/aromatic N) is 2. The molecule has 0 saturated heterocycles. The Morgan fingerprint density at radius 3 is 2.26 bits per heavy atom. The van der Waals surface area contributed by atoms with Gasteiger partial charge in [0.05, 0.1) is 43.1 Å². The third-order valence-electron chi connectivity index (χ3n) is 4.64. The Balaban J connectivity index is 1.86. The summed E-state index contributed by atoms with van der Waals surface area (Å²) in [5, 5.41) is 16.0. The minimum absolute atomic E-state index is 0.0135. The smallest absolute Gasteiger partial charge is 0.295 e. The van der Waals surface area contributed by atoms with E-state index in [-0.39, 0.29) is 16.3 Å². The van der Waals surface area contributed by atoms with Gasteiger partial charge in [0.15, 0.2) is 11.5 Å². The highest BCUT2D eigenvalue weighted by molar-refractivity contribution is 7.92. The third-order valence-corrected chi connectivity index (χ3v) is 6.25. The summed E-state index contributed by atoms with van der Waals surface area (Å²) in [6, 6.07) is 12.8. The molecule has 0 unspecified atom stereocenters. The molecule has 3 rings (SSSR count). The summed E-state index contributed by atoms with van der Waals surface area (Å²) in [6.07, 6.45) is 1.39. The van der Waals surface area contributed by atoms with Crippen molar-refractivity contribution in [2.75, 3.05) is 31.5 Å². The molecule has 0 saturated carbocycles. The average Bonchev–Trinajstić information content (AvgIpc) is 2.83. The van der Waals surface area contributed by atoms with Gasteiger partial charge in [-0.3, -0.25) is 20.3 Å². The van der Waals surface area contributed by atoms with Gasteiger partial charge in [-0.25, -0.2) is 8.42 Å². The fourth-order valence-electron chi connectivity index (χ4n) is 3.04. The fraction of sp³-hybridized carbons (Fsp3) is 0.136. The molecule has 3 aromatic rings. The molecule has 0 atom stereocenters. The van der Waals surface area contributed by atoms with Crippen LogP contribution in [0.1, 0.15) is 5.56 Å². The number of hydrogen-bond acceptors (Lipinski definition) is 9. The second-order valence-corrected chi connectivity index (χ2v) is 9.00. The molecule has 0 bridgehead atoms. The van der Waals surface area contributed by atoms with Gasteiger partial charge in [0, 0.05) is 16.7 Å². The lowest BCUT2D eigenvalue weighted by atomic mass is 10.2. The van der Waals surface area contributed by atoms with Crippen molar-refractivity contribution >= 4 is 44.9 Å². The van der Waals surface area contributed by atoms with E-state index in [1.807, 2.05) is 0 Å². The summed E-state index contributed by atoms with van der Waals surface area (Å²) in [4.78, 5) is 10.6. The van der Waals surface area contributed by atoms with Gasteiger partial charge in [0.1, 0.15) is 5.69 Å². The average molecular weight is 521 g/mol. The lowest BCUT2D eigenvalue weighted by Gasteiger charge is -2.12. The normalized spacial score (nSPS) is 11.2. The van der Waals surface area contributed by atoms with Crippen molar-refractivity contribution < 1.29 is 27.6 Å². The van der Waals surface area contributed by atoms with Crippen LogP contribution < -0.4 is 24.4 Å². The predicted molar refractivity (Wildman–Crippen MR) is 133 cm³/mol. The van der Waals surface area contributed by atoms with Gasteiger partial charge < -0.3 is 14.2 Å². The van der Waals surface area contributed by atoms with Crippen LogP contribution in [0.25, 0.3) is 0 Å². The summed E-state index contributed by atoms with van der Waals surface area (Å²) in [5.41, 5.74) is 2.84. The second-order valence-electron chi connectivity index (χ2n) is 6.88. The quantitative estimate of drug-likeness (QED) is 0.226. The van der Waals surface area contributed by atoms with Crippen LogP contribution in [0, 0.1) is 10.1 Å². The van der Waals surface area contributed by atoms with E-state index in [0.717, 1.165) is 6.07 Å². The highest BCUT2D eigenvalue weighted by Gasteiger charge is 2.22. The number of anilines is 2. The molecule has 0 amide bonds. The van der Waals surface area contributed by atoms with Crippen LogP contribution >= 0.6 is 11.6 Å². The van der Waals surface area contributed by atoms with E-state index >= 15 is 0 Å². The SMILES string of the molecule is COc1cc(C=NNc2ccc(S(=O)(=O)Nc3cccc(Cl)c3)cc2[N+](=O)[O-])cc(OC)c1OC. The highest BCUT2D eigenvalue weighted by atomic mass is 35.5. The molecule has 0 aliphatic rings. The zero-order chi connectivity index (χ0) is 25.6. The van der Waals surface area contributed by atoms with Crippen molar-refractivity contribution in [2.24, 2.45) is 5.10 Å². The summed E-state index contributed by atoms with van der Waals surface area (Å²) in [6.45, 7) is 0. The monoisotopic (exact) mass is 520 g/mol. The van der Waals surface area contributed by atoms with Gasteiger partial charge in [-0.05, 0) is 42.5 Å². The molecule has 184 valence electrons. The second kappa shape index (κ2) is 10.9. The lowest BCUT2D eigenvalue weighted by molar-refractivity contribution is -0.384. The molecule has 0 radical (unpaired) electrons. The van der Waals surface area contributed by atoms with Crippen molar-refractivity contribution in [3.05, 3.63) is 75.3 Å². The van der Waals surface area contributed by atoms with Crippen LogP contribution in [0.2, 0.25) is 5.02 Å². The third kappa shape index (κ3) is 6.11. The number of nitro benzene ring substituents is 1. The molecule has 0 aromatic heterocycles. The first-order chi connectivity index (χ1) is 16.7. The Morgan fingerprint density at radius 1 is 1.00 bits per heavy atom. The van der Waals surface area contributed by atoms with Gasteiger partial charge in [0.2, 0.25) is 5.75 Å². The summed E-state index contributed by atoms with van der Waals surface area (Å²) in [5.74, 6) is 1.21. The van der Waals surface area contributed by atoms with Crippen LogP contribution in [0.4, 0.5) is 17.1 Å². The van der Waals surface area contributed by atoms with Gasteiger partial charge in [-0.1, -0.05) is 17.7 Å². The van der Waals surface area contributed by atoms with E-state index in [1.54, 1.807) is 24.3 Å². The number of halogens is 1. The topological polar surface area (TPSA) is 141 Å². The molecule has 35 heavy (non-hydrogen) atoms. The minimum Gasteiger partial charge on any atom is -0.493 e. The molecule has 11 nitrogen and oxygen atoms in total. The lowest BCUT2D eigenvalue weighted by Crippen LogP contribution is -2.13. The molecular weight excluding hydrogens is 500 g/mol. The number of methoxy groups -OCH3 is 3. The van der Waals surface area contributed by atoms with Gasteiger partial charge in [-0.15, -0.1) is 0 Å². The van der Waals surface area contributed by atoms with Crippen LogP contribution in [-0.2, 0) is 10.0 Å². The van der Waals surface area contributed by atoms with Crippen molar-refractivity contribution in [3.63, 3.8) is 0 Å². The molecule has 0 heterocycles. The number of hydrazone groups is 1. The van der Waals surface area contributed by atoms with Crippen molar-refractivity contribution in [3.8, 4) is 17.2 Å². The van der Waals surface area contributed by atoms with E-state index in [4.69, 9.17) is 25.8 Å². The molecule has 2 N–H and O–H groups in total. The van der Waals surface area contributed by atoms with Crippen LogP contribution in [0.3, 0.4) is 0 Å². The largest absolute Gasteiger partial charge is 0.493 e. The Hall–Kier alpha value is -4.03. The van der Waals surface area contributed by atoms with Crippen LogP contribution in [0.15, 0.2) is 64.6 Å². The first kappa shape index (κ1) is 25.6. The van der Waals surface area contributed by atoms with Crippen molar-refractivity contribution in [1.29, 1.82) is 0 Å². The van der Waals surface area contributed by atoms with E-state index in [2.05, 4.69) is 15.2 Å². The number of nitro groups is 1. The minimum atomic E-state index is -4.11. The fourth-order valence-corrected chi connectivity index (χ4v) is 4.30. The van der Waals surface area contributed by atoms with Crippen LogP contribution in [0.5, 0.6) is 17.2 Å². The Kier molecular flexibility index (Phi) is 7.99. The Labute approximate surface area is 206 Å². The summed E-state index contributed by atoms with van der Waals surface area (Å²) < 4.78 is 43.6. The first-order valence-corrected chi connectivity index (χ1v) is 11.7. The Bertz CT molecular complexity index is 1350. The molecule has 3 aromatic carbocycles. The standard InChI is InChI=1S/C22H21ClN4O7S/c1-32-20-9-14(10-21(33-2)22(20)34-3)13-24-25-18-8-7-17(12-19(18)27(28)29)35(30,31)26-16-6-4-5-15(23)11-16/h4-13,25-26H,1-3H3. The van der Waals surface area contributed by atoms with Gasteiger partial charge >= 0.3 is 0 Å². The molecule has 0 spiro atoms. The molecular formula is C22H21ClN4O7S. The predicted octanol–water partition coefficient (Wildman–Crippen LogP) is 4.52. The summed E-state index contributed by atoms with van der Waals surface area (Å²) >= 11 is 5.88. The number of rotatable bonds is 10. The zero-order valence-electron chi connectivity index (χ0n) is 18.8. The molecule has 0 fully saturated rings. The van der Waals surface area contributed by atoms with Gasteiger partial charge in [0.25, 0.3) is 15.7 Å². The van der Waals surface area contributed by atoms with Crippen molar-refractivity contribution in [2.45, 2.75) is 4.90 Å². The number of benzene rings is 3. The zero-order valence-corrected chi connectivity index (χ0v) is 20.4. The first-order valence-electron chi connectivity index (χ1n) is 9.84. The summed E-state index contributed by atoms with van der Waals surface area (Å²) in [7, 11) is 0.306. The molecule has 0 aliphatic carbocycles. The van der Waals surface area contributed by atoms with E-state index in [9.17, 15) is 18.5 Å². The number of nitrogens with one attached hydrogen (secondary N) is 2. The molecule has 0 aliphatic heterocycles. The van der Waals surface area contributed by atoms with E-state index in [1.165, 1.54) is 51.8 Å². The van der Waals surface area contributed by atoms with E-state index in [0.29, 0.717) is 27.8 Å². The number of hydrogen-bond donors (Lipinski definition) is 2. The van der Waals surface area contributed by atoms with Gasteiger partial charge in [-0.2, -0.15) is 5.10 Å². The maximum absolute atomic E-state index is 12.7. The van der Waals surface area contributed by atoms with E-state index < -0.39 is 20.6 Å². The maximum Gasteiger partial charge on any atom is 0.295 e.